The Morgan fingerprint density at radius 3 is 2.91 bits per heavy atom. The summed E-state index contributed by atoms with van der Waals surface area (Å²) in [6.07, 6.45) is 5.83. The fourth-order valence-corrected chi connectivity index (χ4v) is 1.36. The maximum Gasteiger partial charge on any atom is 0.294 e. The van der Waals surface area contributed by atoms with E-state index in [1.165, 1.54) is 19.3 Å². The van der Waals surface area contributed by atoms with Crippen LogP contribution in [0.25, 0.3) is 0 Å². The first kappa shape index (κ1) is 8.53. The third kappa shape index (κ3) is 3.37. The summed E-state index contributed by atoms with van der Waals surface area (Å²) in [6, 6.07) is 0. The molecule has 0 aromatic rings. The van der Waals surface area contributed by atoms with Crippen LogP contribution >= 0.6 is 0 Å². The molecule has 1 N–H and O–H groups in total. The van der Waals surface area contributed by atoms with Crippen LogP contribution in [-0.4, -0.2) is 19.2 Å². The van der Waals surface area contributed by atoms with Crippen molar-refractivity contribution in [3.63, 3.8) is 0 Å². The van der Waals surface area contributed by atoms with Crippen molar-refractivity contribution in [2.75, 3.05) is 6.54 Å². The Labute approximate surface area is 67.1 Å². The standard InChI is InChI=1S/C8H15NO2/c10-7-11-8-5-3-1-2-4-6-9-8/h7-9H,1-6H2. The molecule has 3 heteroatoms. The number of hydrogen-bond acceptors (Lipinski definition) is 3. The highest BCUT2D eigenvalue weighted by atomic mass is 16.5. The van der Waals surface area contributed by atoms with Crippen LogP contribution in [0.2, 0.25) is 0 Å². The van der Waals surface area contributed by atoms with Crippen molar-refractivity contribution in [3.8, 4) is 0 Å². The Hall–Kier alpha value is -0.570. The van der Waals surface area contributed by atoms with Crippen LogP contribution in [0.3, 0.4) is 0 Å². The summed E-state index contributed by atoms with van der Waals surface area (Å²) in [5, 5.41) is 3.17. The normalized spacial score (nSPS) is 26.7. The van der Waals surface area contributed by atoms with Gasteiger partial charge in [0.15, 0.2) is 6.23 Å². The van der Waals surface area contributed by atoms with E-state index in [-0.39, 0.29) is 6.23 Å². The molecule has 1 atom stereocenters. The van der Waals surface area contributed by atoms with Crippen LogP contribution in [0, 0.1) is 0 Å². The van der Waals surface area contributed by atoms with Gasteiger partial charge in [0.2, 0.25) is 0 Å². The van der Waals surface area contributed by atoms with Crippen molar-refractivity contribution >= 4 is 6.47 Å². The van der Waals surface area contributed by atoms with E-state index in [4.69, 9.17) is 4.74 Å². The van der Waals surface area contributed by atoms with Gasteiger partial charge in [-0.25, -0.2) is 0 Å². The van der Waals surface area contributed by atoms with Gasteiger partial charge in [-0.2, -0.15) is 0 Å². The van der Waals surface area contributed by atoms with Gasteiger partial charge in [0.1, 0.15) is 0 Å². The zero-order valence-corrected chi connectivity index (χ0v) is 6.71. The first-order valence-corrected chi connectivity index (χ1v) is 4.26. The lowest BCUT2D eigenvalue weighted by atomic mass is 10.1. The maximum absolute atomic E-state index is 10.0. The second-order valence-corrected chi connectivity index (χ2v) is 2.88. The molecule has 0 bridgehead atoms. The summed E-state index contributed by atoms with van der Waals surface area (Å²) < 4.78 is 4.83. The van der Waals surface area contributed by atoms with Gasteiger partial charge in [0, 0.05) is 0 Å². The smallest absolute Gasteiger partial charge is 0.294 e. The molecule has 3 nitrogen and oxygen atoms in total. The highest BCUT2D eigenvalue weighted by Crippen LogP contribution is 2.09. The van der Waals surface area contributed by atoms with Crippen LogP contribution in [-0.2, 0) is 9.53 Å². The fourth-order valence-electron chi connectivity index (χ4n) is 1.36. The quantitative estimate of drug-likeness (QED) is 0.609. The van der Waals surface area contributed by atoms with E-state index in [1.807, 2.05) is 0 Å². The van der Waals surface area contributed by atoms with Gasteiger partial charge < -0.3 is 4.74 Å². The molecule has 1 aliphatic rings. The second kappa shape index (κ2) is 5.13. The number of ether oxygens (including phenoxy) is 1. The predicted molar refractivity (Wildman–Crippen MR) is 42.0 cm³/mol. The fraction of sp³-hybridized carbons (Fsp3) is 0.875. The molecule has 0 spiro atoms. The second-order valence-electron chi connectivity index (χ2n) is 2.88. The van der Waals surface area contributed by atoms with Crippen LogP contribution in [0.1, 0.15) is 32.1 Å². The lowest BCUT2D eigenvalue weighted by Gasteiger charge is -2.19. The topological polar surface area (TPSA) is 38.3 Å². The molecule has 0 radical (unpaired) electrons. The predicted octanol–water partition coefficient (Wildman–Crippen LogP) is 1.04. The Bertz CT molecular complexity index is 109. The van der Waals surface area contributed by atoms with E-state index >= 15 is 0 Å². The van der Waals surface area contributed by atoms with E-state index in [9.17, 15) is 4.79 Å². The number of rotatable bonds is 2. The summed E-state index contributed by atoms with van der Waals surface area (Å²) in [5.41, 5.74) is 0. The summed E-state index contributed by atoms with van der Waals surface area (Å²) in [5.74, 6) is 0. The van der Waals surface area contributed by atoms with E-state index < -0.39 is 0 Å². The Morgan fingerprint density at radius 2 is 2.09 bits per heavy atom. The number of carbonyl (C=O) groups excluding carboxylic acids is 1. The molecule has 11 heavy (non-hydrogen) atoms. The molecule has 1 unspecified atom stereocenters. The lowest BCUT2D eigenvalue weighted by molar-refractivity contribution is -0.135. The van der Waals surface area contributed by atoms with Crippen LogP contribution < -0.4 is 5.32 Å². The minimum atomic E-state index is -0.0344. The highest BCUT2D eigenvalue weighted by Gasteiger charge is 2.09. The molecule has 1 heterocycles. The molecule has 1 rings (SSSR count). The van der Waals surface area contributed by atoms with E-state index in [0.29, 0.717) is 6.47 Å². The van der Waals surface area contributed by atoms with Gasteiger partial charge in [-0.3, -0.25) is 10.1 Å². The largest absolute Gasteiger partial charge is 0.449 e. The maximum atomic E-state index is 10.0. The van der Waals surface area contributed by atoms with Crippen molar-refractivity contribution in [3.05, 3.63) is 0 Å². The number of hydrogen-bond donors (Lipinski definition) is 1. The first-order valence-electron chi connectivity index (χ1n) is 4.26. The molecule has 1 saturated heterocycles. The average molecular weight is 157 g/mol. The molecule has 0 saturated carbocycles. The van der Waals surface area contributed by atoms with E-state index in [2.05, 4.69) is 5.32 Å². The third-order valence-electron chi connectivity index (χ3n) is 1.98. The van der Waals surface area contributed by atoms with Crippen molar-refractivity contribution < 1.29 is 9.53 Å². The zero-order valence-electron chi connectivity index (χ0n) is 6.71. The van der Waals surface area contributed by atoms with Crippen molar-refractivity contribution in [1.82, 2.24) is 5.32 Å². The molecule has 0 aliphatic carbocycles. The average Bonchev–Trinajstić information content (AvgIpc) is 1.94. The monoisotopic (exact) mass is 157 g/mol. The molecular weight excluding hydrogens is 142 g/mol. The zero-order chi connectivity index (χ0) is 7.94. The Morgan fingerprint density at radius 1 is 1.27 bits per heavy atom. The number of nitrogens with one attached hydrogen (secondary N) is 1. The third-order valence-corrected chi connectivity index (χ3v) is 1.98. The van der Waals surface area contributed by atoms with E-state index in [0.717, 1.165) is 19.4 Å². The van der Waals surface area contributed by atoms with E-state index in [1.54, 1.807) is 0 Å². The van der Waals surface area contributed by atoms with Gasteiger partial charge >= 0.3 is 0 Å². The van der Waals surface area contributed by atoms with Crippen LogP contribution in [0.5, 0.6) is 0 Å². The number of carbonyl (C=O) groups is 1. The summed E-state index contributed by atoms with van der Waals surface area (Å²) in [7, 11) is 0. The molecule has 0 aromatic carbocycles. The minimum Gasteiger partial charge on any atom is -0.449 e. The highest BCUT2D eigenvalue weighted by molar-refractivity contribution is 5.37. The Kier molecular flexibility index (Phi) is 3.98. The minimum absolute atomic E-state index is 0.0344. The summed E-state index contributed by atoms with van der Waals surface area (Å²) in [6.45, 7) is 1.50. The van der Waals surface area contributed by atoms with Crippen molar-refractivity contribution in [1.29, 1.82) is 0 Å². The molecule has 1 fully saturated rings. The first-order chi connectivity index (χ1) is 5.43. The van der Waals surface area contributed by atoms with Crippen LogP contribution in [0.4, 0.5) is 0 Å². The molecule has 1 aliphatic heterocycles. The van der Waals surface area contributed by atoms with Gasteiger partial charge in [0.25, 0.3) is 6.47 Å². The summed E-state index contributed by atoms with van der Waals surface area (Å²) >= 11 is 0. The molecule has 64 valence electrons. The summed E-state index contributed by atoms with van der Waals surface area (Å²) in [4.78, 5) is 10.0. The Balaban J connectivity index is 2.20. The molecular formula is C8H15NO2. The lowest BCUT2D eigenvalue weighted by Crippen LogP contribution is -2.33. The van der Waals surface area contributed by atoms with Gasteiger partial charge in [0.05, 0.1) is 0 Å². The van der Waals surface area contributed by atoms with Crippen LogP contribution in [0.15, 0.2) is 0 Å². The molecule has 0 aromatic heterocycles. The van der Waals surface area contributed by atoms with Crippen molar-refractivity contribution in [2.45, 2.75) is 38.3 Å². The van der Waals surface area contributed by atoms with Gasteiger partial charge in [-0.1, -0.05) is 12.8 Å². The molecule has 0 amide bonds. The van der Waals surface area contributed by atoms with Gasteiger partial charge in [-0.05, 0) is 25.8 Å². The van der Waals surface area contributed by atoms with Crippen molar-refractivity contribution in [2.24, 2.45) is 0 Å². The SMILES string of the molecule is O=COC1CCCCCCN1. The van der Waals surface area contributed by atoms with Gasteiger partial charge in [-0.15, -0.1) is 0 Å².